The average Bonchev–Trinajstić information content (AvgIpc) is 2.73. The molecule has 0 saturated carbocycles. The number of rotatable bonds is 2. The van der Waals surface area contributed by atoms with Gasteiger partial charge >= 0.3 is 0 Å². The fourth-order valence-electron chi connectivity index (χ4n) is 2.22. The molecule has 0 radical (unpaired) electrons. The van der Waals surface area contributed by atoms with Gasteiger partial charge in [-0.05, 0) is 40.5 Å². The normalized spacial score (nSPS) is 13.6. The molecular weight excluding hydrogens is 240 g/mol. The van der Waals surface area contributed by atoms with Gasteiger partial charge in [-0.25, -0.2) is 0 Å². The predicted molar refractivity (Wildman–Crippen MR) is 78.3 cm³/mol. The first-order chi connectivity index (χ1) is 8.41. The largest absolute Gasteiger partial charge is 0.383 e. The molecule has 0 aliphatic rings. The standard InChI is InChI=1S/C16H20OS/c1-11-9-10-18-15(11)14(17)12-7-5-6-8-13(12)16(2,3)4/h5-10,14,17H,1-4H3. The van der Waals surface area contributed by atoms with Crippen molar-refractivity contribution in [1.29, 1.82) is 0 Å². The Kier molecular flexibility index (Phi) is 3.60. The number of aliphatic hydroxyl groups excluding tert-OH is 1. The topological polar surface area (TPSA) is 20.2 Å². The van der Waals surface area contributed by atoms with E-state index in [1.54, 1.807) is 11.3 Å². The van der Waals surface area contributed by atoms with Gasteiger partial charge in [-0.1, -0.05) is 45.0 Å². The van der Waals surface area contributed by atoms with Crippen LogP contribution in [-0.2, 0) is 5.41 Å². The van der Waals surface area contributed by atoms with Crippen molar-refractivity contribution in [2.45, 2.75) is 39.2 Å². The third-order valence-corrected chi connectivity index (χ3v) is 4.28. The van der Waals surface area contributed by atoms with Gasteiger partial charge in [-0.3, -0.25) is 0 Å². The van der Waals surface area contributed by atoms with Gasteiger partial charge in [0.15, 0.2) is 0 Å². The first kappa shape index (κ1) is 13.3. The van der Waals surface area contributed by atoms with Crippen molar-refractivity contribution in [3.05, 3.63) is 57.3 Å². The molecule has 0 fully saturated rings. The highest BCUT2D eigenvalue weighted by molar-refractivity contribution is 7.10. The number of hydrogen-bond donors (Lipinski definition) is 1. The van der Waals surface area contributed by atoms with Crippen LogP contribution in [0.2, 0.25) is 0 Å². The van der Waals surface area contributed by atoms with Crippen LogP contribution in [0.4, 0.5) is 0 Å². The lowest BCUT2D eigenvalue weighted by Crippen LogP contribution is -2.16. The molecule has 1 heterocycles. The Bertz CT molecular complexity index is 534. The maximum absolute atomic E-state index is 10.6. The summed E-state index contributed by atoms with van der Waals surface area (Å²) in [4.78, 5) is 1.05. The molecule has 96 valence electrons. The van der Waals surface area contributed by atoms with Crippen molar-refractivity contribution >= 4 is 11.3 Å². The zero-order valence-electron chi connectivity index (χ0n) is 11.4. The first-order valence-corrected chi connectivity index (χ1v) is 7.10. The Morgan fingerprint density at radius 1 is 1.11 bits per heavy atom. The van der Waals surface area contributed by atoms with E-state index in [0.29, 0.717) is 0 Å². The second kappa shape index (κ2) is 4.87. The van der Waals surface area contributed by atoms with Gasteiger partial charge in [-0.15, -0.1) is 11.3 Å². The van der Waals surface area contributed by atoms with E-state index in [9.17, 15) is 5.11 Å². The third-order valence-electron chi connectivity index (χ3n) is 3.21. The average molecular weight is 260 g/mol. The predicted octanol–water partition coefficient (Wildman–Crippen LogP) is 4.44. The van der Waals surface area contributed by atoms with E-state index < -0.39 is 6.10 Å². The molecule has 1 aromatic heterocycles. The van der Waals surface area contributed by atoms with Crippen molar-refractivity contribution in [2.75, 3.05) is 0 Å². The third kappa shape index (κ3) is 2.50. The SMILES string of the molecule is Cc1ccsc1C(O)c1ccccc1C(C)(C)C. The monoisotopic (exact) mass is 260 g/mol. The Morgan fingerprint density at radius 2 is 1.78 bits per heavy atom. The second-order valence-electron chi connectivity index (χ2n) is 5.71. The van der Waals surface area contributed by atoms with Crippen LogP contribution in [0.5, 0.6) is 0 Å². The number of hydrogen-bond acceptors (Lipinski definition) is 2. The number of benzene rings is 1. The maximum Gasteiger partial charge on any atom is 0.114 e. The summed E-state index contributed by atoms with van der Waals surface area (Å²) in [5.41, 5.74) is 3.44. The molecule has 1 atom stereocenters. The summed E-state index contributed by atoms with van der Waals surface area (Å²) in [5.74, 6) is 0. The van der Waals surface area contributed by atoms with Gasteiger partial charge in [0.05, 0.1) is 0 Å². The minimum Gasteiger partial charge on any atom is -0.383 e. The van der Waals surface area contributed by atoms with Crippen LogP contribution in [-0.4, -0.2) is 5.11 Å². The van der Waals surface area contributed by atoms with Crippen molar-refractivity contribution in [3.63, 3.8) is 0 Å². The first-order valence-electron chi connectivity index (χ1n) is 6.22. The second-order valence-corrected chi connectivity index (χ2v) is 6.66. The molecule has 0 saturated heterocycles. The molecule has 0 aliphatic heterocycles. The van der Waals surface area contributed by atoms with Crippen LogP contribution < -0.4 is 0 Å². The zero-order valence-corrected chi connectivity index (χ0v) is 12.2. The molecule has 1 aromatic carbocycles. The van der Waals surface area contributed by atoms with Crippen molar-refractivity contribution in [1.82, 2.24) is 0 Å². The Morgan fingerprint density at radius 3 is 2.33 bits per heavy atom. The maximum atomic E-state index is 10.6. The molecule has 0 aliphatic carbocycles. The van der Waals surface area contributed by atoms with Crippen LogP contribution >= 0.6 is 11.3 Å². The molecule has 1 unspecified atom stereocenters. The Hall–Kier alpha value is -1.12. The highest BCUT2D eigenvalue weighted by Crippen LogP contribution is 2.35. The summed E-state index contributed by atoms with van der Waals surface area (Å²) in [6, 6.07) is 10.2. The van der Waals surface area contributed by atoms with Crippen molar-refractivity contribution in [3.8, 4) is 0 Å². The number of thiophene rings is 1. The smallest absolute Gasteiger partial charge is 0.114 e. The van der Waals surface area contributed by atoms with Crippen molar-refractivity contribution < 1.29 is 5.11 Å². The molecule has 2 aromatic rings. The summed E-state index contributed by atoms with van der Waals surface area (Å²) in [6.07, 6.45) is -0.513. The number of aliphatic hydroxyl groups is 1. The lowest BCUT2D eigenvalue weighted by molar-refractivity contribution is 0.220. The Balaban J connectivity index is 2.49. The van der Waals surface area contributed by atoms with Crippen LogP contribution in [0.1, 0.15) is 48.4 Å². The molecule has 0 spiro atoms. The van der Waals surface area contributed by atoms with E-state index >= 15 is 0 Å². The quantitative estimate of drug-likeness (QED) is 0.846. The fraction of sp³-hybridized carbons (Fsp3) is 0.375. The molecule has 2 rings (SSSR count). The summed E-state index contributed by atoms with van der Waals surface area (Å²) < 4.78 is 0. The molecule has 2 heteroatoms. The fourth-order valence-corrected chi connectivity index (χ4v) is 3.15. The van der Waals surface area contributed by atoms with E-state index in [2.05, 4.69) is 39.8 Å². The van der Waals surface area contributed by atoms with E-state index in [0.717, 1.165) is 16.0 Å². The summed E-state index contributed by atoms with van der Waals surface area (Å²) in [7, 11) is 0. The van der Waals surface area contributed by atoms with Gasteiger partial charge in [-0.2, -0.15) is 0 Å². The van der Waals surface area contributed by atoms with E-state index in [1.165, 1.54) is 5.56 Å². The number of aryl methyl sites for hydroxylation is 1. The van der Waals surface area contributed by atoms with Crippen LogP contribution in [0.3, 0.4) is 0 Å². The van der Waals surface area contributed by atoms with Crippen molar-refractivity contribution in [2.24, 2.45) is 0 Å². The molecule has 1 N–H and O–H groups in total. The summed E-state index contributed by atoms with van der Waals surface area (Å²) in [5, 5.41) is 12.7. The van der Waals surface area contributed by atoms with Crippen LogP contribution in [0.25, 0.3) is 0 Å². The lowest BCUT2D eigenvalue weighted by Gasteiger charge is -2.25. The molecule has 0 amide bonds. The molecule has 1 nitrogen and oxygen atoms in total. The lowest BCUT2D eigenvalue weighted by atomic mass is 9.82. The minimum atomic E-state index is -0.513. The molecule has 0 bridgehead atoms. The van der Waals surface area contributed by atoms with Gasteiger partial charge < -0.3 is 5.11 Å². The van der Waals surface area contributed by atoms with Gasteiger partial charge in [0, 0.05) is 4.88 Å². The van der Waals surface area contributed by atoms with E-state index in [-0.39, 0.29) is 5.41 Å². The molecule has 18 heavy (non-hydrogen) atoms. The summed E-state index contributed by atoms with van der Waals surface area (Å²) in [6.45, 7) is 8.59. The van der Waals surface area contributed by atoms with Crippen LogP contribution in [0, 0.1) is 6.92 Å². The molecular formula is C16H20OS. The van der Waals surface area contributed by atoms with Crippen LogP contribution in [0.15, 0.2) is 35.7 Å². The van der Waals surface area contributed by atoms with Gasteiger partial charge in [0.2, 0.25) is 0 Å². The summed E-state index contributed by atoms with van der Waals surface area (Å²) >= 11 is 1.62. The minimum absolute atomic E-state index is 0.0444. The highest BCUT2D eigenvalue weighted by Gasteiger charge is 2.23. The van der Waals surface area contributed by atoms with E-state index in [1.807, 2.05) is 23.6 Å². The Labute approximate surface area is 113 Å². The van der Waals surface area contributed by atoms with E-state index in [4.69, 9.17) is 0 Å². The van der Waals surface area contributed by atoms with Gasteiger partial charge in [0.1, 0.15) is 6.10 Å². The zero-order chi connectivity index (χ0) is 13.3. The highest BCUT2D eigenvalue weighted by atomic mass is 32.1. The van der Waals surface area contributed by atoms with Gasteiger partial charge in [0.25, 0.3) is 0 Å².